The molecule has 0 bridgehead atoms. The number of carbonyl (C=O) groups is 2. The Morgan fingerprint density at radius 2 is 1.77 bits per heavy atom. The summed E-state index contributed by atoms with van der Waals surface area (Å²) in [5.74, 6) is 0.479. The maximum atomic E-state index is 12.1. The van der Waals surface area contributed by atoms with Crippen LogP contribution >= 0.6 is 0 Å². The molecule has 0 unspecified atom stereocenters. The number of nitrogens with one attached hydrogen (secondary N) is 1. The molecule has 2 rings (SSSR count). The minimum atomic E-state index is -0.185. The third-order valence-corrected chi connectivity index (χ3v) is 3.88. The van der Waals surface area contributed by atoms with Gasteiger partial charge in [0.25, 0.3) is 0 Å². The van der Waals surface area contributed by atoms with Crippen molar-refractivity contribution in [1.82, 2.24) is 4.90 Å². The zero-order valence-corrected chi connectivity index (χ0v) is 14.9. The van der Waals surface area contributed by atoms with Crippen LogP contribution in [-0.2, 0) is 16.1 Å². The van der Waals surface area contributed by atoms with E-state index >= 15 is 0 Å². The number of carbonyl (C=O) groups excluding carboxylic acids is 2. The van der Waals surface area contributed by atoms with Crippen LogP contribution in [0.15, 0.2) is 48.5 Å². The van der Waals surface area contributed by atoms with E-state index in [0.717, 1.165) is 11.3 Å². The number of anilines is 1. The summed E-state index contributed by atoms with van der Waals surface area (Å²) < 4.78 is 5.12. The average Bonchev–Trinajstić information content (AvgIpc) is 2.66. The van der Waals surface area contributed by atoms with Crippen molar-refractivity contribution in [3.8, 4) is 11.8 Å². The molecular formula is C20H21N3O3. The summed E-state index contributed by atoms with van der Waals surface area (Å²) in [6.45, 7) is 2.25. The summed E-state index contributed by atoms with van der Waals surface area (Å²) in [7, 11) is 1.60. The van der Waals surface area contributed by atoms with Crippen molar-refractivity contribution in [3.05, 3.63) is 59.7 Å². The fourth-order valence-electron chi connectivity index (χ4n) is 2.39. The van der Waals surface area contributed by atoms with Gasteiger partial charge in [-0.3, -0.25) is 9.59 Å². The zero-order chi connectivity index (χ0) is 18.9. The second kappa shape index (κ2) is 9.23. The summed E-state index contributed by atoms with van der Waals surface area (Å²) in [6, 6.07) is 16.1. The Morgan fingerprint density at radius 3 is 2.31 bits per heavy atom. The molecule has 0 saturated heterocycles. The van der Waals surface area contributed by atoms with E-state index in [9.17, 15) is 9.59 Å². The van der Waals surface area contributed by atoms with Crippen molar-refractivity contribution in [1.29, 1.82) is 5.26 Å². The van der Waals surface area contributed by atoms with Gasteiger partial charge in [-0.1, -0.05) is 12.1 Å². The van der Waals surface area contributed by atoms with Gasteiger partial charge < -0.3 is 15.0 Å². The van der Waals surface area contributed by atoms with Crippen LogP contribution in [0.25, 0.3) is 0 Å². The van der Waals surface area contributed by atoms with Crippen LogP contribution in [0.1, 0.15) is 24.5 Å². The van der Waals surface area contributed by atoms with Gasteiger partial charge in [0.1, 0.15) is 5.75 Å². The van der Waals surface area contributed by atoms with Crippen molar-refractivity contribution in [2.24, 2.45) is 0 Å². The topological polar surface area (TPSA) is 82.4 Å². The Kier molecular flexibility index (Phi) is 6.75. The molecule has 6 nitrogen and oxygen atoms in total. The van der Waals surface area contributed by atoms with E-state index in [2.05, 4.69) is 5.32 Å². The molecule has 0 aliphatic carbocycles. The molecule has 0 saturated carbocycles. The largest absolute Gasteiger partial charge is 0.497 e. The Labute approximate surface area is 153 Å². The summed E-state index contributed by atoms with van der Waals surface area (Å²) >= 11 is 0. The number of nitriles is 1. The lowest BCUT2D eigenvalue weighted by atomic mass is 10.2. The predicted molar refractivity (Wildman–Crippen MR) is 98.5 cm³/mol. The van der Waals surface area contributed by atoms with E-state index in [1.165, 1.54) is 6.92 Å². The van der Waals surface area contributed by atoms with Gasteiger partial charge in [0.15, 0.2) is 0 Å². The zero-order valence-electron chi connectivity index (χ0n) is 14.9. The molecule has 1 N–H and O–H groups in total. The van der Waals surface area contributed by atoms with Crippen LogP contribution in [-0.4, -0.2) is 30.4 Å². The minimum Gasteiger partial charge on any atom is -0.497 e. The quantitative estimate of drug-likeness (QED) is 0.831. The second-order valence-corrected chi connectivity index (χ2v) is 5.78. The molecule has 2 aromatic carbocycles. The van der Waals surface area contributed by atoms with Gasteiger partial charge in [-0.05, 0) is 42.0 Å². The number of amides is 2. The van der Waals surface area contributed by atoms with E-state index in [4.69, 9.17) is 10.00 Å². The summed E-state index contributed by atoms with van der Waals surface area (Å²) in [6.07, 6.45) is 0.190. The highest BCUT2D eigenvalue weighted by Gasteiger charge is 2.12. The summed E-state index contributed by atoms with van der Waals surface area (Å²) in [5.41, 5.74) is 2.12. The minimum absolute atomic E-state index is 0.0907. The van der Waals surface area contributed by atoms with Crippen LogP contribution < -0.4 is 10.1 Å². The third kappa shape index (κ3) is 5.64. The first-order valence-electron chi connectivity index (χ1n) is 8.20. The first-order valence-corrected chi connectivity index (χ1v) is 8.20. The molecule has 0 aliphatic heterocycles. The van der Waals surface area contributed by atoms with Gasteiger partial charge in [0.05, 0.1) is 18.7 Å². The molecule has 0 atom stereocenters. The molecule has 26 heavy (non-hydrogen) atoms. The van der Waals surface area contributed by atoms with Gasteiger partial charge in [0.2, 0.25) is 11.8 Å². The Hall–Kier alpha value is -3.33. The van der Waals surface area contributed by atoms with Crippen LogP contribution in [0.3, 0.4) is 0 Å². The van der Waals surface area contributed by atoms with Gasteiger partial charge in [-0.15, -0.1) is 0 Å². The number of hydrogen-bond acceptors (Lipinski definition) is 4. The van der Waals surface area contributed by atoms with Crippen molar-refractivity contribution in [2.75, 3.05) is 19.0 Å². The highest BCUT2D eigenvalue weighted by molar-refractivity contribution is 5.91. The van der Waals surface area contributed by atoms with E-state index in [-0.39, 0.29) is 18.2 Å². The fourth-order valence-corrected chi connectivity index (χ4v) is 2.39. The Morgan fingerprint density at radius 1 is 1.12 bits per heavy atom. The van der Waals surface area contributed by atoms with E-state index < -0.39 is 0 Å². The Bertz CT molecular complexity index is 793. The maximum absolute atomic E-state index is 12.1. The monoisotopic (exact) mass is 351 g/mol. The Balaban J connectivity index is 1.89. The van der Waals surface area contributed by atoms with Gasteiger partial charge in [-0.25, -0.2) is 0 Å². The van der Waals surface area contributed by atoms with Crippen molar-refractivity contribution in [3.63, 3.8) is 0 Å². The highest BCUT2D eigenvalue weighted by atomic mass is 16.5. The number of nitrogens with zero attached hydrogens (tertiary/aromatic N) is 2. The summed E-state index contributed by atoms with van der Waals surface area (Å²) in [5, 5.41) is 11.5. The van der Waals surface area contributed by atoms with Crippen LogP contribution in [0, 0.1) is 11.3 Å². The SMILES string of the molecule is COc1ccc(CN(CCC(=O)Nc2ccc(C#N)cc2)C(C)=O)cc1. The van der Waals surface area contributed by atoms with E-state index in [1.807, 2.05) is 30.3 Å². The van der Waals surface area contributed by atoms with E-state index in [1.54, 1.807) is 36.3 Å². The number of ether oxygens (including phenoxy) is 1. The van der Waals surface area contributed by atoms with Gasteiger partial charge in [0, 0.05) is 32.1 Å². The highest BCUT2D eigenvalue weighted by Crippen LogP contribution is 2.14. The van der Waals surface area contributed by atoms with E-state index in [0.29, 0.717) is 24.3 Å². The standard InChI is InChI=1S/C20H21N3O3/c1-15(24)23(14-17-5-9-19(26-2)10-6-17)12-11-20(25)22-18-7-3-16(13-21)4-8-18/h3-10H,11-12,14H2,1-2H3,(H,22,25). The molecule has 2 amide bonds. The molecule has 0 heterocycles. The molecule has 0 aromatic heterocycles. The van der Waals surface area contributed by atoms with Crippen molar-refractivity contribution >= 4 is 17.5 Å². The molecular weight excluding hydrogens is 330 g/mol. The van der Waals surface area contributed by atoms with Crippen LogP contribution in [0.5, 0.6) is 5.75 Å². The average molecular weight is 351 g/mol. The lowest BCUT2D eigenvalue weighted by Crippen LogP contribution is -2.31. The molecule has 0 fully saturated rings. The predicted octanol–water partition coefficient (Wildman–Crippen LogP) is 2.94. The molecule has 6 heteroatoms. The van der Waals surface area contributed by atoms with Gasteiger partial charge in [-0.2, -0.15) is 5.26 Å². The maximum Gasteiger partial charge on any atom is 0.226 e. The third-order valence-electron chi connectivity index (χ3n) is 3.88. The molecule has 0 radical (unpaired) electrons. The molecule has 134 valence electrons. The molecule has 2 aromatic rings. The lowest BCUT2D eigenvalue weighted by molar-refractivity contribution is -0.129. The smallest absolute Gasteiger partial charge is 0.226 e. The molecule has 0 aliphatic rings. The van der Waals surface area contributed by atoms with Crippen LogP contribution in [0.4, 0.5) is 5.69 Å². The second-order valence-electron chi connectivity index (χ2n) is 5.78. The number of methoxy groups -OCH3 is 1. The number of rotatable bonds is 7. The van der Waals surface area contributed by atoms with Crippen molar-refractivity contribution < 1.29 is 14.3 Å². The first-order chi connectivity index (χ1) is 12.5. The summed E-state index contributed by atoms with van der Waals surface area (Å²) in [4.78, 5) is 25.6. The molecule has 0 spiro atoms. The first kappa shape index (κ1) is 19.0. The lowest BCUT2D eigenvalue weighted by Gasteiger charge is -2.21. The van der Waals surface area contributed by atoms with Crippen molar-refractivity contribution in [2.45, 2.75) is 19.9 Å². The normalized spacial score (nSPS) is 9.88. The number of benzene rings is 2. The van der Waals surface area contributed by atoms with Gasteiger partial charge >= 0.3 is 0 Å². The number of hydrogen-bond donors (Lipinski definition) is 1. The van der Waals surface area contributed by atoms with Crippen LogP contribution in [0.2, 0.25) is 0 Å². The fraction of sp³-hybridized carbons (Fsp3) is 0.250.